The molecule has 6 N–H and O–H groups in total. The Bertz CT molecular complexity index is 3010. The molecule has 2 aromatic carbocycles. The first-order chi connectivity index (χ1) is 47.3. The highest BCUT2D eigenvalue weighted by atomic mass is 16.6. The van der Waals surface area contributed by atoms with E-state index in [2.05, 4.69) is 35.1 Å². The molecule has 25 nitrogen and oxygen atoms in total. The van der Waals surface area contributed by atoms with E-state index in [0.29, 0.717) is 56.3 Å². The van der Waals surface area contributed by atoms with Crippen molar-refractivity contribution in [3.8, 4) is 0 Å². The summed E-state index contributed by atoms with van der Waals surface area (Å²) in [6, 6.07) is 12.6. The number of hydrogen-bond donors (Lipinski definition) is 5. The Morgan fingerprint density at radius 3 is 1.89 bits per heavy atom. The van der Waals surface area contributed by atoms with Gasteiger partial charge in [0.05, 0.1) is 48.9 Å². The van der Waals surface area contributed by atoms with E-state index in [4.69, 9.17) is 24.7 Å². The predicted octanol–water partition coefficient (Wildman–Crippen LogP) is 8.58. The smallest absolute Gasteiger partial charge is 0.410 e. The summed E-state index contributed by atoms with van der Waals surface area (Å²) < 4.78 is 22.2. The zero-order chi connectivity index (χ0) is 75.1. The van der Waals surface area contributed by atoms with Crippen LogP contribution in [0.3, 0.4) is 0 Å². The number of rotatable bonds is 41. The number of primary amides is 1. The van der Waals surface area contributed by atoms with Crippen molar-refractivity contribution in [2.24, 2.45) is 53.1 Å². The summed E-state index contributed by atoms with van der Waals surface area (Å²) in [6.45, 7) is 25.6. The number of anilines is 1. The van der Waals surface area contributed by atoms with Gasteiger partial charge in [-0.15, -0.1) is 0 Å². The Morgan fingerprint density at radius 2 is 1.34 bits per heavy atom. The summed E-state index contributed by atoms with van der Waals surface area (Å²) in [5.41, 5.74) is 7.18. The number of urea groups is 1. The molecule has 0 aliphatic carbocycles. The van der Waals surface area contributed by atoms with Gasteiger partial charge in [-0.2, -0.15) is 0 Å². The molecule has 0 aromatic heterocycles. The van der Waals surface area contributed by atoms with Crippen LogP contribution >= 0.6 is 0 Å². The van der Waals surface area contributed by atoms with Crippen molar-refractivity contribution in [2.75, 3.05) is 59.9 Å². The highest BCUT2D eigenvalue weighted by Gasteiger charge is 2.44. The van der Waals surface area contributed by atoms with Crippen molar-refractivity contribution in [1.82, 2.24) is 35.6 Å². The van der Waals surface area contributed by atoms with Gasteiger partial charge in [0, 0.05) is 109 Å². The molecule has 2 aliphatic heterocycles. The summed E-state index contributed by atoms with van der Waals surface area (Å²) in [4.78, 5) is 161. The number of esters is 1. The molecule has 10 amide bonds. The predicted molar refractivity (Wildman–Crippen MR) is 381 cm³/mol. The molecule has 558 valence electrons. The van der Waals surface area contributed by atoms with Crippen molar-refractivity contribution in [3.05, 3.63) is 77.9 Å². The van der Waals surface area contributed by atoms with Gasteiger partial charge < -0.3 is 60.6 Å². The van der Waals surface area contributed by atoms with Gasteiger partial charge in [0.2, 0.25) is 29.5 Å². The Morgan fingerprint density at radius 1 is 0.700 bits per heavy atom. The normalized spacial score (nSPS) is 16.9. The number of amides is 10. The highest BCUT2D eigenvalue weighted by molar-refractivity contribution is 6.12. The monoisotopic (exact) mass is 1400 g/mol. The van der Waals surface area contributed by atoms with Gasteiger partial charge in [-0.3, -0.25) is 48.1 Å². The second-order valence-corrected chi connectivity index (χ2v) is 27.5. The maximum Gasteiger partial charge on any atom is 0.410 e. The molecule has 2 aromatic rings. The number of benzene rings is 2. The third-order valence-corrected chi connectivity index (χ3v) is 19.1. The summed E-state index contributed by atoms with van der Waals surface area (Å²) >= 11 is 0. The molecule has 0 spiro atoms. The van der Waals surface area contributed by atoms with E-state index in [1.807, 2.05) is 76.8 Å². The number of unbranched alkanes of at least 4 members (excludes halogenated alkanes) is 2. The fourth-order valence-electron chi connectivity index (χ4n) is 13.3. The summed E-state index contributed by atoms with van der Waals surface area (Å²) in [7, 11) is 6.48. The number of nitrogens with one attached hydrogen (secondary N) is 4. The van der Waals surface area contributed by atoms with Crippen LogP contribution < -0.4 is 27.0 Å². The van der Waals surface area contributed by atoms with Crippen LogP contribution in [0.4, 0.5) is 15.3 Å². The topological polar surface area (TPSA) is 329 Å². The number of likely N-dealkylation sites (tertiary alicyclic amines) is 1. The molecular weight excluding hydrogens is 1280 g/mol. The molecule has 2 heterocycles. The van der Waals surface area contributed by atoms with Gasteiger partial charge in [0.15, 0.2) is 11.6 Å². The lowest BCUT2D eigenvalue weighted by Gasteiger charge is -2.40. The maximum atomic E-state index is 14.3. The minimum Gasteiger partial charge on any atom is -0.464 e. The van der Waals surface area contributed by atoms with E-state index in [-0.39, 0.29) is 134 Å². The molecular formula is C75H117N9O16. The molecule has 0 saturated carbocycles. The number of ketones is 2. The molecule has 1 fully saturated rings. The number of carbonyl (C=O) groups excluding carboxylic acids is 12. The first kappa shape index (κ1) is 86.2. The van der Waals surface area contributed by atoms with E-state index >= 15 is 0 Å². The maximum absolute atomic E-state index is 14.3. The van der Waals surface area contributed by atoms with Crippen LogP contribution in [0, 0.1) is 47.3 Å². The van der Waals surface area contributed by atoms with E-state index in [1.165, 1.54) is 24.1 Å². The second kappa shape index (κ2) is 43.6. The molecule has 1 saturated heterocycles. The molecule has 2 aliphatic rings. The largest absolute Gasteiger partial charge is 0.464 e. The van der Waals surface area contributed by atoms with Gasteiger partial charge in [-0.25, -0.2) is 14.4 Å². The first-order valence-corrected chi connectivity index (χ1v) is 35.6. The number of imide groups is 1. The van der Waals surface area contributed by atoms with E-state index < -0.39 is 71.9 Å². The molecule has 25 heteroatoms. The first-order valence-electron chi connectivity index (χ1n) is 35.6. The average molecular weight is 1400 g/mol. The zero-order valence-corrected chi connectivity index (χ0v) is 62.4. The van der Waals surface area contributed by atoms with Gasteiger partial charge in [0.1, 0.15) is 12.6 Å². The standard InChI is InChI=1S/C52H83N7O11.C23H34N2O5/c1-14-34(8)47(36(10)69-13)57(11)50(66)44(31(2)3)35(9)48(64)46(33(6)7)58(12)52(68)70-30-37-21-23-39(24-22-37)55-49(65)38(19-18-27-54-51(53)67)29-40(60)45(32(4)5)56-41(61)20-16-15-17-28-59-42(62)25-26-43(59)63;1-5-20(26)25-14-10-13-19(25)21(29-4)16(3)22(27)24-18(23(28)30-6-2)15-17-11-8-7-9-12-17/h21-26,31-36,38,44-47H,14-20,27-30H2,1-13H3,(H,55,65)(H,56,61)(H3,53,54,67);7-9,11-12,16,18-19,21H,5-6,10,13-15H2,1-4H3,(H,24,27)/t34-,35?,36+,38+,44+,45-,46-,47-;16-,18+,19+,21-/m01/s1. The van der Waals surface area contributed by atoms with Crippen LogP contribution in [-0.2, 0) is 79.9 Å². The number of nitrogens with zero attached hydrogens (tertiary/aromatic N) is 4. The van der Waals surface area contributed by atoms with Crippen LogP contribution in [0.15, 0.2) is 66.7 Å². The van der Waals surface area contributed by atoms with Crippen LogP contribution in [0.5, 0.6) is 0 Å². The Labute approximate surface area is 593 Å². The fraction of sp³-hybridized carbons (Fsp3) is 0.653. The van der Waals surface area contributed by atoms with Gasteiger partial charge in [-0.05, 0) is 99.3 Å². The molecule has 4 rings (SSSR count). The van der Waals surface area contributed by atoms with Crippen LogP contribution in [0.2, 0.25) is 0 Å². The number of methoxy groups -OCH3 is 2. The van der Waals surface area contributed by atoms with E-state index in [0.717, 1.165) is 29.7 Å². The third kappa shape index (κ3) is 26.5. The van der Waals surface area contributed by atoms with E-state index in [9.17, 15) is 57.5 Å². The number of ether oxygens (including phenoxy) is 4. The summed E-state index contributed by atoms with van der Waals surface area (Å²) in [5.74, 6) is -6.15. The lowest BCUT2D eigenvalue weighted by atomic mass is 9.77. The molecule has 12 atom stereocenters. The van der Waals surface area contributed by atoms with Gasteiger partial charge in [-0.1, -0.05) is 131 Å². The van der Waals surface area contributed by atoms with Crippen molar-refractivity contribution >= 4 is 76.7 Å². The van der Waals surface area contributed by atoms with Crippen LogP contribution in [0.25, 0.3) is 0 Å². The Hall–Kier alpha value is -8.06. The molecule has 1 unspecified atom stereocenters. The fourth-order valence-corrected chi connectivity index (χ4v) is 13.3. The Balaban J connectivity index is 0.000000716. The van der Waals surface area contributed by atoms with Crippen molar-refractivity contribution in [3.63, 3.8) is 0 Å². The number of Topliss-reactive ketones (excluding diaryl/α,β-unsaturated/α-hetero) is 2. The number of hydrogen-bond acceptors (Lipinski definition) is 16. The minimum atomic E-state index is -0.872. The molecule has 100 heavy (non-hydrogen) atoms. The van der Waals surface area contributed by atoms with Crippen LogP contribution in [0.1, 0.15) is 172 Å². The van der Waals surface area contributed by atoms with Gasteiger partial charge >= 0.3 is 18.1 Å². The van der Waals surface area contributed by atoms with Crippen molar-refractivity contribution in [1.29, 1.82) is 0 Å². The number of nitrogens with two attached hydrogens (primary N) is 1. The highest BCUT2D eigenvalue weighted by Crippen LogP contribution is 2.32. The molecule has 0 radical (unpaired) electrons. The number of likely N-dealkylation sites (N-methyl/N-ethyl adjacent to an activating group) is 2. The lowest BCUT2D eigenvalue weighted by Crippen LogP contribution is -2.54. The minimum absolute atomic E-state index is 0.0700. The third-order valence-electron chi connectivity index (χ3n) is 19.1. The van der Waals surface area contributed by atoms with Gasteiger partial charge in [0.25, 0.3) is 11.8 Å². The summed E-state index contributed by atoms with van der Waals surface area (Å²) in [5, 5.41) is 11.0. The van der Waals surface area contributed by atoms with Crippen molar-refractivity contribution < 1.29 is 76.5 Å². The zero-order valence-electron chi connectivity index (χ0n) is 62.4. The molecule has 0 bridgehead atoms. The quantitative estimate of drug-likeness (QED) is 0.0236. The van der Waals surface area contributed by atoms with E-state index in [1.54, 1.807) is 85.1 Å². The SMILES string of the molecule is CCOC(=O)[C@H](Cc1ccccc1)NC(=O)[C@H](C)[C@@H](OC)[C@@H]1CCCN1C(=O)CC.CC[C@H](C)[C@@H]([C@@H](C)OC)N(C)C(=O)[C@H](C(C)C)C(C)C(=O)[C@H](C(C)C)N(C)C(=O)OCc1ccc(NC(=O)[C@H](CCCNC(N)=O)CC(=O)[C@@H](NC(=O)CCCCCN2C(=O)C=CC2=O)C(C)C)cc1. The summed E-state index contributed by atoms with van der Waals surface area (Å²) in [6.07, 6.45) is 6.52. The Kier molecular flexibility index (Phi) is 37.5. The lowest BCUT2D eigenvalue weighted by molar-refractivity contribution is -0.149. The number of carbonyl (C=O) groups is 12. The van der Waals surface area contributed by atoms with Crippen molar-refractivity contribution in [2.45, 2.75) is 216 Å². The second-order valence-electron chi connectivity index (χ2n) is 27.5. The van der Waals surface area contributed by atoms with Crippen LogP contribution in [-0.4, -0.2) is 188 Å². The average Bonchev–Trinajstić information content (AvgIpc) is 1.10.